The van der Waals surface area contributed by atoms with Gasteiger partial charge in [-0.15, -0.1) is 0 Å². The van der Waals surface area contributed by atoms with E-state index < -0.39 is 10.7 Å². The number of anilines is 1. The summed E-state index contributed by atoms with van der Waals surface area (Å²) in [7, 11) is 3.00. The highest BCUT2D eigenvalue weighted by Gasteiger charge is 2.19. The monoisotopic (exact) mass is 347 g/mol. The summed E-state index contributed by atoms with van der Waals surface area (Å²) in [5.74, 6) is -0.888. The Balaban J connectivity index is 2.32. The second-order valence-corrected chi connectivity index (χ2v) is 5.21. The third-order valence-electron chi connectivity index (χ3n) is 3.14. The lowest BCUT2D eigenvalue weighted by Gasteiger charge is -2.10. The molecule has 2 rings (SSSR count). The van der Waals surface area contributed by atoms with E-state index in [0.717, 1.165) is 6.07 Å². The Kier molecular flexibility index (Phi) is 4.77. The Hall–Kier alpha value is -1.99. The van der Waals surface area contributed by atoms with Gasteiger partial charge in [0.2, 0.25) is 0 Å². The molecule has 0 atom stereocenters. The predicted octanol–water partition coefficient (Wildman–Crippen LogP) is 4.00. The average molecular weight is 348 g/mol. The Morgan fingerprint density at radius 1 is 1.41 bits per heavy atom. The van der Waals surface area contributed by atoms with Crippen LogP contribution in [0, 0.1) is 15.9 Å². The summed E-state index contributed by atoms with van der Waals surface area (Å²) >= 11 is 11.9. The Morgan fingerprint density at radius 3 is 2.59 bits per heavy atom. The van der Waals surface area contributed by atoms with E-state index in [-0.39, 0.29) is 23.7 Å². The number of nitrogens with one attached hydrogen (secondary N) is 1. The topological polar surface area (TPSA) is 69.3 Å². The lowest BCUT2D eigenvalue weighted by Crippen LogP contribution is -2.07. The Morgan fingerprint density at radius 2 is 2.09 bits per heavy atom. The van der Waals surface area contributed by atoms with Crippen molar-refractivity contribution >= 4 is 34.6 Å². The highest BCUT2D eigenvalue weighted by Crippen LogP contribution is 2.32. The zero-order chi connectivity index (χ0) is 16.4. The summed E-state index contributed by atoms with van der Waals surface area (Å²) in [6.07, 6.45) is 0. The first kappa shape index (κ1) is 16.4. The number of aromatic nitrogens is 1. The van der Waals surface area contributed by atoms with E-state index in [1.165, 1.54) is 13.2 Å². The van der Waals surface area contributed by atoms with Gasteiger partial charge in [-0.1, -0.05) is 23.2 Å². The zero-order valence-corrected chi connectivity index (χ0v) is 13.2. The van der Waals surface area contributed by atoms with E-state index in [9.17, 15) is 14.5 Å². The van der Waals surface area contributed by atoms with Crippen molar-refractivity contribution in [3.8, 4) is 5.75 Å². The van der Waals surface area contributed by atoms with Gasteiger partial charge >= 0.3 is 0 Å². The Bertz CT molecular complexity index is 734. The molecule has 0 fully saturated rings. The summed E-state index contributed by atoms with van der Waals surface area (Å²) in [6, 6.07) is 3.69. The van der Waals surface area contributed by atoms with Crippen molar-refractivity contribution in [2.45, 2.75) is 6.54 Å². The van der Waals surface area contributed by atoms with Gasteiger partial charge in [-0.25, -0.2) is 4.39 Å². The smallest absolute Gasteiger partial charge is 0.295 e. The lowest BCUT2D eigenvalue weighted by atomic mass is 10.2. The van der Waals surface area contributed by atoms with Crippen molar-refractivity contribution in [2.75, 3.05) is 12.4 Å². The molecule has 1 aromatic heterocycles. The van der Waals surface area contributed by atoms with Gasteiger partial charge in [0.25, 0.3) is 5.69 Å². The fourth-order valence-electron chi connectivity index (χ4n) is 1.94. The molecule has 0 aliphatic carbocycles. The van der Waals surface area contributed by atoms with Crippen molar-refractivity contribution < 1.29 is 14.1 Å². The first-order chi connectivity index (χ1) is 10.3. The van der Waals surface area contributed by atoms with Gasteiger partial charge in [-0.05, 0) is 6.07 Å². The molecule has 118 valence electrons. The molecular formula is C13H12Cl2FN3O3. The molecule has 0 bridgehead atoms. The number of ether oxygens (including phenoxy) is 1. The van der Waals surface area contributed by atoms with E-state index in [4.69, 9.17) is 27.9 Å². The first-order valence-electron chi connectivity index (χ1n) is 6.10. The minimum Gasteiger partial charge on any atom is -0.494 e. The average Bonchev–Trinajstić information content (AvgIpc) is 2.72. The van der Waals surface area contributed by atoms with Gasteiger partial charge in [-0.3, -0.25) is 10.1 Å². The molecule has 0 amide bonds. The van der Waals surface area contributed by atoms with Crippen molar-refractivity contribution in [3.63, 3.8) is 0 Å². The molecule has 0 unspecified atom stereocenters. The highest BCUT2D eigenvalue weighted by molar-refractivity contribution is 6.41. The lowest BCUT2D eigenvalue weighted by molar-refractivity contribution is -0.384. The molecule has 1 N–H and O–H groups in total. The van der Waals surface area contributed by atoms with Crippen molar-refractivity contribution in [2.24, 2.45) is 7.05 Å². The Labute approximate surface area is 135 Å². The number of methoxy groups -OCH3 is 1. The molecule has 0 spiro atoms. The predicted molar refractivity (Wildman–Crippen MR) is 82.4 cm³/mol. The van der Waals surface area contributed by atoms with Crippen LogP contribution in [0.25, 0.3) is 0 Å². The third-order valence-corrected chi connectivity index (χ3v) is 3.98. The molecule has 2 aromatic rings. The fourth-order valence-corrected chi connectivity index (χ4v) is 2.35. The zero-order valence-electron chi connectivity index (χ0n) is 11.7. The van der Waals surface area contributed by atoms with Crippen molar-refractivity contribution in [1.29, 1.82) is 0 Å². The summed E-state index contributed by atoms with van der Waals surface area (Å²) in [6.45, 7) is 0.221. The molecule has 9 heteroatoms. The molecule has 22 heavy (non-hydrogen) atoms. The van der Waals surface area contributed by atoms with Crippen LogP contribution in [0.1, 0.15) is 5.69 Å². The highest BCUT2D eigenvalue weighted by atomic mass is 35.5. The molecular weight excluding hydrogens is 336 g/mol. The molecule has 1 aromatic carbocycles. The van der Waals surface area contributed by atoms with Crippen LogP contribution in [0.5, 0.6) is 5.75 Å². The van der Waals surface area contributed by atoms with Crippen LogP contribution in [0.2, 0.25) is 10.2 Å². The molecule has 0 aliphatic rings. The van der Waals surface area contributed by atoms with Gasteiger partial charge in [0.15, 0.2) is 11.6 Å². The van der Waals surface area contributed by atoms with E-state index in [1.54, 1.807) is 17.7 Å². The quantitative estimate of drug-likeness (QED) is 0.655. The van der Waals surface area contributed by atoms with Crippen LogP contribution in [0.15, 0.2) is 18.2 Å². The van der Waals surface area contributed by atoms with Gasteiger partial charge in [0, 0.05) is 18.8 Å². The second-order valence-electron chi connectivity index (χ2n) is 4.45. The van der Waals surface area contributed by atoms with Crippen LogP contribution in [0.4, 0.5) is 15.8 Å². The van der Waals surface area contributed by atoms with Gasteiger partial charge in [0.1, 0.15) is 10.8 Å². The van der Waals surface area contributed by atoms with Crippen LogP contribution in [0.3, 0.4) is 0 Å². The molecule has 1 heterocycles. The second kappa shape index (κ2) is 6.41. The van der Waals surface area contributed by atoms with Crippen molar-refractivity contribution in [1.82, 2.24) is 4.57 Å². The van der Waals surface area contributed by atoms with E-state index in [2.05, 4.69) is 5.32 Å². The summed E-state index contributed by atoms with van der Waals surface area (Å²) in [5, 5.41) is 14.6. The van der Waals surface area contributed by atoms with Crippen LogP contribution in [-0.4, -0.2) is 16.6 Å². The summed E-state index contributed by atoms with van der Waals surface area (Å²) in [4.78, 5) is 10.3. The number of nitro groups is 1. The molecule has 0 radical (unpaired) electrons. The number of rotatable bonds is 5. The van der Waals surface area contributed by atoms with Gasteiger partial charge in [-0.2, -0.15) is 0 Å². The maximum absolute atomic E-state index is 13.6. The fraction of sp³-hybridized carbons (Fsp3) is 0.231. The number of hydrogen-bond donors (Lipinski definition) is 1. The summed E-state index contributed by atoms with van der Waals surface area (Å²) in [5.41, 5.74) is 0.467. The maximum atomic E-state index is 13.6. The molecule has 0 aliphatic heterocycles. The minimum absolute atomic E-state index is 0.0870. The SMILES string of the molecule is COc1cc(NCc2cc(Cl)c(Cl)n2C)c([N+](=O)[O-])cc1F. The molecule has 6 nitrogen and oxygen atoms in total. The number of benzene rings is 1. The first-order valence-corrected chi connectivity index (χ1v) is 6.86. The van der Waals surface area contributed by atoms with Crippen LogP contribution in [-0.2, 0) is 13.6 Å². The van der Waals surface area contributed by atoms with E-state index >= 15 is 0 Å². The molecule has 0 saturated carbocycles. The maximum Gasteiger partial charge on any atom is 0.295 e. The number of halogens is 3. The number of hydrogen-bond acceptors (Lipinski definition) is 4. The standard InChI is InChI=1S/C13H12Cl2FN3O3/c1-18-7(3-8(14)13(18)15)6-17-10-5-12(22-2)9(16)4-11(10)19(20)21/h3-5,17H,6H2,1-2H3. The van der Waals surface area contributed by atoms with Crippen LogP contribution < -0.4 is 10.1 Å². The van der Waals surface area contributed by atoms with E-state index in [0.29, 0.717) is 15.9 Å². The molecule has 0 saturated heterocycles. The van der Waals surface area contributed by atoms with Crippen molar-refractivity contribution in [3.05, 3.63) is 50.0 Å². The van der Waals surface area contributed by atoms with Gasteiger partial charge < -0.3 is 14.6 Å². The number of nitrogens with zero attached hydrogens (tertiary/aromatic N) is 2. The summed E-state index contributed by atoms with van der Waals surface area (Å²) < 4.78 is 20.1. The number of nitro benzene ring substituents is 1. The normalized spacial score (nSPS) is 10.6. The largest absolute Gasteiger partial charge is 0.494 e. The minimum atomic E-state index is -0.801. The van der Waals surface area contributed by atoms with Gasteiger partial charge in [0.05, 0.1) is 29.7 Å². The third kappa shape index (κ3) is 3.10. The van der Waals surface area contributed by atoms with Crippen LogP contribution >= 0.6 is 23.2 Å². The van der Waals surface area contributed by atoms with E-state index in [1.807, 2.05) is 0 Å².